The van der Waals surface area contributed by atoms with E-state index in [4.69, 9.17) is 4.42 Å². The van der Waals surface area contributed by atoms with E-state index in [1.807, 2.05) is 20.8 Å². The third kappa shape index (κ3) is 3.69. The van der Waals surface area contributed by atoms with Gasteiger partial charge in [0.05, 0.1) is 12.8 Å². The molecular formula is C16H23N5O3. The van der Waals surface area contributed by atoms with Crippen molar-refractivity contribution in [2.24, 2.45) is 0 Å². The van der Waals surface area contributed by atoms with Crippen molar-refractivity contribution in [2.45, 2.75) is 51.7 Å². The van der Waals surface area contributed by atoms with Gasteiger partial charge in [-0.15, -0.1) is 5.10 Å². The highest BCUT2D eigenvalue weighted by Gasteiger charge is 2.31. The fourth-order valence-electron chi connectivity index (χ4n) is 2.46. The molecule has 2 N–H and O–H groups in total. The first-order valence-corrected chi connectivity index (χ1v) is 8.14. The highest BCUT2D eigenvalue weighted by atomic mass is 16.3. The van der Waals surface area contributed by atoms with Crippen molar-refractivity contribution in [3.63, 3.8) is 0 Å². The van der Waals surface area contributed by atoms with Crippen LogP contribution in [0, 0.1) is 0 Å². The number of aromatic nitrogens is 3. The molecule has 1 aliphatic rings. The molecule has 0 saturated heterocycles. The molecule has 24 heavy (non-hydrogen) atoms. The first-order chi connectivity index (χ1) is 11.3. The lowest BCUT2D eigenvalue weighted by molar-refractivity contribution is 0.231. The molecule has 0 unspecified atom stereocenters. The fourth-order valence-corrected chi connectivity index (χ4v) is 2.46. The number of nitrogens with one attached hydrogen (secondary N) is 2. The second-order valence-corrected chi connectivity index (χ2v) is 7.04. The van der Waals surface area contributed by atoms with Crippen LogP contribution in [-0.4, -0.2) is 32.5 Å². The molecule has 1 aliphatic carbocycles. The Morgan fingerprint density at radius 1 is 1.42 bits per heavy atom. The molecule has 8 nitrogen and oxygen atoms in total. The van der Waals surface area contributed by atoms with Crippen molar-refractivity contribution >= 4 is 6.03 Å². The fraction of sp³-hybridized carbons (Fsp3) is 0.562. The van der Waals surface area contributed by atoms with Crippen LogP contribution in [0.15, 0.2) is 27.6 Å². The standard InChI is InChI=1S/C16H23N5O3/c1-16(2,3)18-14(22)17-8-9-20-15(23)21(11-6-7-11)13(19-20)12-5-4-10-24-12/h4-5,10-11H,6-9H2,1-3H3,(H2,17,18,22). The van der Waals surface area contributed by atoms with Crippen molar-refractivity contribution < 1.29 is 9.21 Å². The minimum atomic E-state index is -0.305. The van der Waals surface area contributed by atoms with Crippen LogP contribution >= 0.6 is 0 Å². The van der Waals surface area contributed by atoms with Gasteiger partial charge >= 0.3 is 11.7 Å². The molecule has 2 amide bonds. The lowest BCUT2D eigenvalue weighted by Crippen LogP contribution is -2.47. The molecule has 1 fully saturated rings. The molecule has 0 radical (unpaired) electrons. The second kappa shape index (κ2) is 6.18. The minimum absolute atomic E-state index is 0.165. The molecule has 0 spiro atoms. The van der Waals surface area contributed by atoms with E-state index >= 15 is 0 Å². The third-order valence-electron chi connectivity index (χ3n) is 3.62. The summed E-state index contributed by atoms with van der Waals surface area (Å²) < 4.78 is 8.46. The monoisotopic (exact) mass is 333 g/mol. The van der Waals surface area contributed by atoms with Crippen LogP contribution in [0.25, 0.3) is 11.6 Å². The third-order valence-corrected chi connectivity index (χ3v) is 3.62. The van der Waals surface area contributed by atoms with Gasteiger partial charge in [-0.2, -0.15) is 0 Å². The summed E-state index contributed by atoms with van der Waals surface area (Å²) in [6.07, 6.45) is 3.52. The highest BCUT2D eigenvalue weighted by Crippen LogP contribution is 2.36. The Kier molecular flexibility index (Phi) is 4.21. The van der Waals surface area contributed by atoms with Crippen LogP contribution in [0.2, 0.25) is 0 Å². The number of furan rings is 1. The normalized spacial score (nSPS) is 14.6. The molecule has 130 valence electrons. The molecular weight excluding hydrogens is 310 g/mol. The van der Waals surface area contributed by atoms with Crippen LogP contribution in [0.1, 0.15) is 39.7 Å². The van der Waals surface area contributed by atoms with Gasteiger partial charge in [0.25, 0.3) is 0 Å². The molecule has 8 heteroatoms. The van der Waals surface area contributed by atoms with Gasteiger partial charge in [-0.1, -0.05) is 0 Å². The molecule has 0 bridgehead atoms. The van der Waals surface area contributed by atoms with Crippen molar-refractivity contribution in [1.29, 1.82) is 0 Å². The van der Waals surface area contributed by atoms with Gasteiger partial charge in [0.15, 0.2) is 5.76 Å². The molecule has 0 atom stereocenters. The van der Waals surface area contributed by atoms with Crippen molar-refractivity contribution in [2.75, 3.05) is 6.54 Å². The van der Waals surface area contributed by atoms with E-state index in [-0.39, 0.29) is 23.3 Å². The Morgan fingerprint density at radius 3 is 2.75 bits per heavy atom. The lowest BCUT2D eigenvalue weighted by Gasteiger charge is -2.20. The smallest absolute Gasteiger partial charge is 0.346 e. The summed E-state index contributed by atoms with van der Waals surface area (Å²) in [5.41, 5.74) is -0.470. The van der Waals surface area contributed by atoms with Crippen LogP contribution in [-0.2, 0) is 6.54 Å². The predicted octanol–water partition coefficient (Wildman–Crippen LogP) is 1.74. The number of urea groups is 1. The maximum Gasteiger partial charge on any atom is 0.346 e. The second-order valence-electron chi connectivity index (χ2n) is 7.04. The molecule has 2 aromatic heterocycles. The number of rotatable bonds is 5. The molecule has 0 aromatic carbocycles. The summed E-state index contributed by atoms with van der Waals surface area (Å²) in [5, 5.41) is 9.94. The number of amides is 2. The van der Waals surface area contributed by atoms with Gasteiger partial charge in [-0.3, -0.25) is 4.57 Å². The maximum absolute atomic E-state index is 12.6. The molecule has 3 rings (SSSR count). The van der Waals surface area contributed by atoms with E-state index < -0.39 is 0 Å². The van der Waals surface area contributed by atoms with Gasteiger partial charge in [-0.05, 0) is 45.7 Å². The summed E-state index contributed by atoms with van der Waals surface area (Å²) in [6, 6.07) is 3.50. The summed E-state index contributed by atoms with van der Waals surface area (Å²) in [7, 11) is 0. The Labute approximate surface area is 139 Å². The van der Waals surface area contributed by atoms with Gasteiger partial charge in [0, 0.05) is 18.1 Å². The van der Waals surface area contributed by atoms with Gasteiger partial charge < -0.3 is 15.1 Å². The van der Waals surface area contributed by atoms with Crippen molar-refractivity contribution in [3.8, 4) is 11.6 Å². The summed E-state index contributed by atoms with van der Waals surface area (Å²) >= 11 is 0. The van der Waals surface area contributed by atoms with E-state index in [2.05, 4.69) is 15.7 Å². The summed E-state index contributed by atoms with van der Waals surface area (Å²) in [6.45, 7) is 6.35. The molecule has 2 heterocycles. The van der Waals surface area contributed by atoms with E-state index in [1.165, 1.54) is 4.68 Å². The number of hydrogen-bond acceptors (Lipinski definition) is 4. The van der Waals surface area contributed by atoms with Crippen molar-refractivity contribution in [1.82, 2.24) is 25.0 Å². The Balaban J connectivity index is 1.70. The van der Waals surface area contributed by atoms with Crippen LogP contribution in [0.3, 0.4) is 0 Å². The highest BCUT2D eigenvalue weighted by molar-refractivity contribution is 5.74. The van der Waals surface area contributed by atoms with E-state index in [0.29, 0.717) is 24.7 Å². The number of carbonyl (C=O) groups excluding carboxylic acids is 1. The molecule has 1 saturated carbocycles. The quantitative estimate of drug-likeness (QED) is 0.871. The van der Waals surface area contributed by atoms with E-state index in [1.54, 1.807) is 23.0 Å². The molecule has 0 aliphatic heterocycles. The zero-order chi connectivity index (χ0) is 17.3. The zero-order valence-corrected chi connectivity index (χ0v) is 14.2. The Morgan fingerprint density at radius 2 is 2.17 bits per heavy atom. The van der Waals surface area contributed by atoms with E-state index in [0.717, 1.165) is 12.8 Å². The van der Waals surface area contributed by atoms with Crippen molar-refractivity contribution in [3.05, 3.63) is 28.9 Å². The van der Waals surface area contributed by atoms with Gasteiger partial charge in [-0.25, -0.2) is 14.3 Å². The van der Waals surface area contributed by atoms with Crippen LogP contribution in [0.4, 0.5) is 4.79 Å². The predicted molar refractivity (Wildman–Crippen MR) is 88.7 cm³/mol. The first kappa shape index (κ1) is 16.4. The SMILES string of the molecule is CC(C)(C)NC(=O)NCCn1nc(-c2ccco2)n(C2CC2)c1=O. The zero-order valence-electron chi connectivity index (χ0n) is 14.2. The van der Waals surface area contributed by atoms with E-state index in [9.17, 15) is 9.59 Å². The first-order valence-electron chi connectivity index (χ1n) is 8.14. The minimum Gasteiger partial charge on any atom is -0.461 e. The average molecular weight is 333 g/mol. The maximum atomic E-state index is 12.6. The van der Waals surface area contributed by atoms with Crippen LogP contribution in [0.5, 0.6) is 0 Å². The lowest BCUT2D eigenvalue weighted by atomic mass is 10.1. The largest absolute Gasteiger partial charge is 0.461 e. The topological polar surface area (TPSA) is 94.1 Å². The number of nitrogens with zero attached hydrogens (tertiary/aromatic N) is 3. The average Bonchev–Trinajstić information content (AvgIpc) is 3.05. The Hall–Kier alpha value is -2.51. The summed E-state index contributed by atoms with van der Waals surface area (Å²) in [5.74, 6) is 1.13. The summed E-state index contributed by atoms with van der Waals surface area (Å²) in [4.78, 5) is 24.3. The Bertz CT molecular complexity index is 763. The van der Waals surface area contributed by atoms with Gasteiger partial charge in [0.2, 0.25) is 5.82 Å². The molecule has 2 aromatic rings. The number of hydrogen-bond donors (Lipinski definition) is 2. The number of carbonyl (C=O) groups is 1. The van der Waals surface area contributed by atoms with Crippen LogP contribution < -0.4 is 16.3 Å². The van der Waals surface area contributed by atoms with Gasteiger partial charge in [0.1, 0.15) is 0 Å².